The third kappa shape index (κ3) is 2.64. The van der Waals surface area contributed by atoms with Crippen molar-refractivity contribution in [2.24, 2.45) is 0 Å². The van der Waals surface area contributed by atoms with Crippen molar-refractivity contribution in [3.8, 4) is 0 Å². The van der Waals surface area contributed by atoms with Gasteiger partial charge in [0, 0.05) is 43.3 Å². The lowest BCUT2D eigenvalue weighted by Gasteiger charge is -2.36. The lowest BCUT2D eigenvalue weighted by molar-refractivity contribution is 0.0628. The van der Waals surface area contributed by atoms with Crippen molar-refractivity contribution in [1.82, 2.24) is 20.2 Å². The van der Waals surface area contributed by atoms with Gasteiger partial charge in [-0.25, -0.2) is 4.98 Å². The van der Waals surface area contributed by atoms with Gasteiger partial charge < -0.3 is 10.2 Å². The van der Waals surface area contributed by atoms with Crippen molar-refractivity contribution < 1.29 is 4.79 Å². The number of piperazine rings is 1. The van der Waals surface area contributed by atoms with Crippen LogP contribution in [0.4, 0.5) is 0 Å². The second-order valence-electron chi connectivity index (χ2n) is 5.85. The van der Waals surface area contributed by atoms with Gasteiger partial charge in [-0.2, -0.15) is 0 Å². The van der Waals surface area contributed by atoms with Crippen molar-refractivity contribution in [3.05, 3.63) is 46.2 Å². The Labute approximate surface area is 133 Å². The number of aromatic nitrogens is 2. The first-order chi connectivity index (χ1) is 10.8. The van der Waals surface area contributed by atoms with Crippen LogP contribution in [0.5, 0.6) is 0 Å². The summed E-state index contributed by atoms with van der Waals surface area (Å²) in [5.41, 5.74) is 1.67. The van der Waals surface area contributed by atoms with Crippen LogP contribution in [0.1, 0.15) is 45.9 Å². The van der Waals surface area contributed by atoms with E-state index in [0.717, 1.165) is 23.7 Å². The van der Waals surface area contributed by atoms with Gasteiger partial charge in [0.2, 0.25) is 0 Å². The highest BCUT2D eigenvalue weighted by atomic mass is 32.1. The van der Waals surface area contributed by atoms with E-state index in [1.54, 1.807) is 17.5 Å². The van der Waals surface area contributed by atoms with Crippen LogP contribution < -0.4 is 5.32 Å². The van der Waals surface area contributed by atoms with E-state index in [1.165, 1.54) is 12.8 Å². The maximum absolute atomic E-state index is 12.9. The smallest absolute Gasteiger partial charge is 0.273 e. The van der Waals surface area contributed by atoms with Crippen molar-refractivity contribution in [3.63, 3.8) is 0 Å². The van der Waals surface area contributed by atoms with E-state index < -0.39 is 0 Å². The maximum Gasteiger partial charge on any atom is 0.273 e. The number of amides is 1. The minimum atomic E-state index is 0.0287. The van der Waals surface area contributed by atoms with E-state index in [1.807, 2.05) is 28.6 Å². The Bertz CT molecular complexity index is 668. The molecule has 3 heterocycles. The summed E-state index contributed by atoms with van der Waals surface area (Å²) in [4.78, 5) is 23.5. The van der Waals surface area contributed by atoms with Gasteiger partial charge in [0.05, 0.1) is 11.0 Å². The average Bonchev–Trinajstić information content (AvgIpc) is 3.32. The number of hydrogen-bond acceptors (Lipinski definition) is 5. The fraction of sp³-hybridized carbons (Fsp3) is 0.438. The number of nitrogens with zero attached hydrogens (tertiary/aromatic N) is 3. The molecule has 0 spiro atoms. The summed E-state index contributed by atoms with van der Waals surface area (Å²) in [7, 11) is 0. The number of nitrogens with one attached hydrogen (secondary N) is 1. The summed E-state index contributed by atoms with van der Waals surface area (Å²) >= 11 is 1.62. The Balaban J connectivity index is 1.58. The predicted octanol–water partition coefficient (Wildman–Crippen LogP) is 2.20. The normalized spacial score (nSPS) is 21.8. The standard InChI is InChI=1S/C16H18N4OS/c21-16(13-10-22-15(19-13)11-3-4-11)20-7-6-18-9-14(20)12-2-1-5-17-8-12/h1-2,5,8,10-11,14,18H,3-4,6-7,9H2. The molecule has 0 radical (unpaired) electrons. The molecule has 1 atom stereocenters. The van der Waals surface area contributed by atoms with Crippen LogP contribution in [0.2, 0.25) is 0 Å². The first-order valence-electron chi connectivity index (χ1n) is 7.70. The summed E-state index contributed by atoms with van der Waals surface area (Å²) in [6, 6.07) is 3.98. The molecule has 2 aromatic heterocycles. The molecule has 1 aliphatic carbocycles. The van der Waals surface area contributed by atoms with Gasteiger partial charge in [0.1, 0.15) is 5.69 Å². The highest BCUT2D eigenvalue weighted by molar-refractivity contribution is 7.10. The van der Waals surface area contributed by atoms with E-state index in [4.69, 9.17) is 0 Å². The van der Waals surface area contributed by atoms with E-state index in [2.05, 4.69) is 15.3 Å². The minimum Gasteiger partial charge on any atom is -0.328 e. The molecule has 22 heavy (non-hydrogen) atoms. The summed E-state index contributed by atoms with van der Waals surface area (Å²) in [5.74, 6) is 0.641. The SMILES string of the molecule is O=C(c1csc(C2CC2)n1)N1CCNCC1c1cccnc1. The van der Waals surface area contributed by atoms with E-state index in [9.17, 15) is 4.79 Å². The van der Waals surface area contributed by atoms with Crippen LogP contribution in [0.15, 0.2) is 29.9 Å². The van der Waals surface area contributed by atoms with Gasteiger partial charge in [-0.05, 0) is 24.5 Å². The van der Waals surface area contributed by atoms with E-state index in [0.29, 0.717) is 18.2 Å². The van der Waals surface area contributed by atoms with E-state index in [-0.39, 0.29) is 11.9 Å². The summed E-state index contributed by atoms with van der Waals surface area (Å²) in [5, 5.41) is 6.40. The number of carbonyl (C=O) groups is 1. The summed E-state index contributed by atoms with van der Waals surface area (Å²) in [6.45, 7) is 2.29. The molecular weight excluding hydrogens is 296 g/mol. The van der Waals surface area contributed by atoms with E-state index >= 15 is 0 Å². The summed E-state index contributed by atoms with van der Waals surface area (Å²) in [6.07, 6.45) is 6.03. The average molecular weight is 314 g/mol. The second kappa shape index (κ2) is 5.78. The maximum atomic E-state index is 12.9. The van der Waals surface area contributed by atoms with Crippen LogP contribution in [0.3, 0.4) is 0 Å². The highest BCUT2D eigenvalue weighted by Crippen LogP contribution is 2.41. The molecule has 1 saturated carbocycles. The predicted molar refractivity (Wildman–Crippen MR) is 85.0 cm³/mol. The number of thiazole rings is 1. The first kappa shape index (κ1) is 13.8. The molecule has 2 aromatic rings. The fourth-order valence-electron chi connectivity index (χ4n) is 2.87. The van der Waals surface area contributed by atoms with Crippen molar-refractivity contribution in [2.75, 3.05) is 19.6 Å². The minimum absolute atomic E-state index is 0.0287. The lowest BCUT2D eigenvalue weighted by Crippen LogP contribution is -2.48. The summed E-state index contributed by atoms with van der Waals surface area (Å²) < 4.78 is 0. The molecule has 4 rings (SSSR count). The lowest BCUT2D eigenvalue weighted by atomic mass is 10.1. The second-order valence-corrected chi connectivity index (χ2v) is 6.74. The van der Waals surface area contributed by atoms with Crippen molar-refractivity contribution in [2.45, 2.75) is 24.8 Å². The molecule has 1 amide bonds. The molecule has 5 nitrogen and oxygen atoms in total. The van der Waals surface area contributed by atoms with Gasteiger partial charge in [0.15, 0.2) is 0 Å². The van der Waals surface area contributed by atoms with Gasteiger partial charge in [-0.3, -0.25) is 9.78 Å². The van der Waals surface area contributed by atoms with Crippen molar-refractivity contribution in [1.29, 1.82) is 0 Å². The zero-order valence-corrected chi connectivity index (χ0v) is 13.1. The van der Waals surface area contributed by atoms with Crippen LogP contribution >= 0.6 is 11.3 Å². The Kier molecular flexibility index (Phi) is 3.63. The van der Waals surface area contributed by atoms with Gasteiger partial charge in [-0.1, -0.05) is 6.07 Å². The number of pyridine rings is 1. The molecule has 114 valence electrons. The van der Waals surface area contributed by atoms with Crippen LogP contribution in [0.25, 0.3) is 0 Å². The topological polar surface area (TPSA) is 58.1 Å². The van der Waals surface area contributed by atoms with Crippen LogP contribution in [-0.2, 0) is 0 Å². The first-order valence-corrected chi connectivity index (χ1v) is 8.58. The molecule has 2 fully saturated rings. The molecule has 1 N–H and O–H groups in total. The van der Waals surface area contributed by atoms with Gasteiger partial charge in [0.25, 0.3) is 5.91 Å². The zero-order valence-electron chi connectivity index (χ0n) is 12.2. The molecule has 0 bridgehead atoms. The number of hydrogen-bond donors (Lipinski definition) is 1. The van der Waals surface area contributed by atoms with Crippen molar-refractivity contribution >= 4 is 17.2 Å². The van der Waals surface area contributed by atoms with Crippen LogP contribution in [0, 0.1) is 0 Å². The monoisotopic (exact) mass is 314 g/mol. The largest absolute Gasteiger partial charge is 0.328 e. The molecule has 6 heteroatoms. The molecule has 1 aliphatic heterocycles. The molecular formula is C16H18N4OS. The third-order valence-electron chi connectivity index (χ3n) is 4.24. The zero-order chi connectivity index (χ0) is 14.9. The Morgan fingerprint density at radius 2 is 2.32 bits per heavy atom. The Morgan fingerprint density at radius 1 is 1.41 bits per heavy atom. The highest BCUT2D eigenvalue weighted by Gasteiger charge is 2.32. The number of rotatable bonds is 3. The van der Waals surface area contributed by atoms with Gasteiger partial charge in [-0.15, -0.1) is 11.3 Å². The quantitative estimate of drug-likeness (QED) is 0.943. The van der Waals surface area contributed by atoms with Gasteiger partial charge >= 0.3 is 0 Å². The fourth-order valence-corrected chi connectivity index (χ4v) is 3.83. The molecule has 1 unspecified atom stereocenters. The van der Waals surface area contributed by atoms with Crippen LogP contribution in [-0.4, -0.2) is 40.4 Å². The number of carbonyl (C=O) groups excluding carboxylic acids is 1. The Morgan fingerprint density at radius 3 is 3.09 bits per heavy atom. The molecule has 2 aliphatic rings. The third-order valence-corrected chi connectivity index (χ3v) is 5.25. The Hall–Kier alpha value is -1.79. The molecule has 1 saturated heterocycles. The molecule has 0 aromatic carbocycles.